The summed E-state index contributed by atoms with van der Waals surface area (Å²) in [6.45, 7) is 1.58. The number of nitrogens with zero attached hydrogens (tertiary/aromatic N) is 3. The number of hydrogen-bond donors (Lipinski definition) is 1. The Hall–Kier alpha value is -2.80. The SMILES string of the molecule is CC(N=Nc1nc2ccccc2s1)c1ccc(OCC(=O)O)cc1. The zero-order valence-electron chi connectivity index (χ0n) is 12.9. The molecule has 0 saturated heterocycles. The Morgan fingerprint density at radius 1 is 1.25 bits per heavy atom. The number of aromatic nitrogens is 1. The number of ether oxygens (including phenoxy) is 1. The molecule has 0 aliphatic heterocycles. The lowest BCUT2D eigenvalue weighted by Crippen LogP contribution is -2.09. The van der Waals surface area contributed by atoms with Crippen molar-refractivity contribution < 1.29 is 14.6 Å². The second-order valence-electron chi connectivity index (χ2n) is 5.11. The molecule has 1 atom stereocenters. The van der Waals surface area contributed by atoms with Crippen LogP contribution in [-0.4, -0.2) is 22.7 Å². The van der Waals surface area contributed by atoms with E-state index >= 15 is 0 Å². The largest absolute Gasteiger partial charge is 0.482 e. The quantitative estimate of drug-likeness (QED) is 0.664. The van der Waals surface area contributed by atoms with Gasteiger partial charge in [0.1, 0.15) is 5.75 Å². The molecule has 3 rings (SSSR count). The highest BCUT2D eigenvalue weighted by Crippen LogP contribution is 2.29. The van der Waals surface area contributed by atoms with Crippen LogP contribution in [0.3, 0.4) is 0 Å². The van der Waals surface area contributed by atoms with Gasteiger partial charge in [0.15, 0.2) is 6.61 Å². The van der Waals surface area contributed by atoms with Gasteiger partial charge in [-0.15, -0.1) is 5.11 Å². The van der Waals surface area contributed by atoms with E-state index in [4.69, 9.17) is 9.84 Å². The van der Waals surface area contributed by atoms with Crippen molar-refractivity contribution in [2.45, 2.75) is 13.0 Å². The van der Waals surface area contributed by atoms with E-state index in [2.05, 4.69) is 15.2 Å². The van der Waals surface area contributed by atoms with Gasteiger partial charge >= 0.3 is 5.97 Å². The summed E-state index contributed by atoms with van der Waals surface area (Å²) in [5.41, 5.74) is 1.88. The Kier molecular flexibility index (Phi) is 4.81. The molecule has 0 spiro atoms. The predicted octanol–water partition coefficient (Wildman–Crippen LogP) is 4.60. The molecule has 0 aliphatic carbocycles. The average Bonchev–Trinajstić information content (AvgIpc) is 3.01. The highest BCUT2D eigenvalue weighted by atomic mass is 32.1. The second kappa shape index (κ2) is 7.18. The molecule has 2 aromatic carbocycles. The summed E-state index contributed by atoms with van der Waals surface area (Å²) in [5, 5.41) is 17.7. The van der Waals surface area contributed by atoms with Crippen molar-refractivity contribution in [3.8, 4) is 5.75 Å². The normalized spacial score (nSPS) is 12.5. The van der Waals surface area contributed by atoms with Crippen molar-refractivity contribution in [1.29, 1.82) is 0 Å². The minimum atomic E-state index is -1.00. The molecular formula is C17H15N3O3S. The Labute approximate surface area is 142 Å². The second-order valence-corrected chi connectivity index (χ2v) is 6.12. The van der Waals surface area contributed by atoms with Gasteiger partial charge in [-0.05, 0) is 36.8 Å². The number of thiazole rings is 1. The minimum absolute atomic E-state index is 0.134. The standard InChI is InChI=1S/C17H15N3O3S/c1-11(12-6-8-13(9-7-12)23-10-16(21)22)19-20-17-18-14-4-2-3-5-15(14)24-17/h2-9,11H,10H2,1H3,(H,21,22). The van der Waals surface area contributed by atoms with Crippen LogP contribution in [0.15, 0.2) is 58.8 Å². The lowest BCUT2D eigenvalue weighted by atomic mass is 10.1. The number of fused-ring (bicyclic) bond motifs is 1. The molecule has 0 fully saturated rings. The molecular weight excluding hydrogens is 326 g/mol. The third-order valence-electron chi connectivity index (χ3n) is 3.32. The fraction of sp³-hybridized carbons (Fsp3) is 0.176. The van der Waals surface area contributed by atoms with Crippen molar-refractivity contribution in [3.05, 3.63) is 54.1 Å². The predicted molar refractivity (Wildman–Crippen MR) is 92.1 cm³/mol. The minimum Gasteiger partial charge on any atom is -0.482 e. The summed E-state index contributed by atoms with van der Waals surface area (Å²) < 4.78 is 6.19. The van der Waals surface area contributed by atoms with Crippen LogP contribution in [0.25, 0.3) is 10.2 Å². The molecule has 1 aromatic heterocycles. The molecule has 24 heavy (non-hydrogen) atoms. The summed E-state index contributed by atoms with van der Waals surface area (Å²) in [6, 6.07) is 14.9. The van der Waals surface area contributed by atoms with Gasteiger partial charge in [-0.1, -0.05) is 35.6 Å². The zero-order chi connectivity index (χ0) is 16.9. The maximum Gasteiger partial charge on any atom is 0.341 e. The van der Waals surface area contributed by atoms with Gasteiger partial charge in [-0.3, -0.25) is 0 Å². The molecule has 0 bridgehead atoms. The van der Waals surface area contributed by atoms with Gasteiger partial charge in [0.2, 0.25) is 5.13 Å². The van der Waals surface area contributed by atoms with Crippen LogP contribution in [0.1, 0.15) is 18.5 Å². The number of hydrogen-bond acceptors (Lipinski definition) is 6. The fourth-order valence-electron chi connectivity index (χ4n) is 2.09. The maximum atomic E-state index is 10.5. The Morgan fingerprint density at radius 3 is 2.71 bits per heavy atom. The van der Waals surface area contributed by atoms with Gasteiger partial charge < -0.3 is 9.84 Å². The molecule has 1 heterocycles. The van der Waals surface area contributed by atoms with Gasteiger partial charge in [0, 0.05) is 0 Å². The monoisotopic (exact) mass is 341 g/mol. The van der Waals surface area contributed by atoms with E-state index in [0.717, 1.165) is 15.8 Å². The van der Waals surface area contributed by atoms with Gasteiger partial charge in [0.25, 0.3) is 0 Å². The van der Waals surface area contributed by atoms with Gasteiger partial charge in [-0.25, -0.2) is 9.78 Å². The Balaban J connectivity index is 1.67. The fourth-order valence-corrected chi connectivity index (χ4v) is 2.89. The lowest BCUT2D eigenvalue weighted by molar-refractivity contribution is -0.139. The van der Waals surface area contributed by atoms with E-state index in [0.29, 0.717) is 10.9 Å². The van der Waals surface area contributed by atoms with E-state index in [1.807, 2.05) is 43.3 Å². The van der Waals surface area contributed by atoms with E-state index in [9.17, 15) is 4.79 Å². The van der Waals surface area contributed by atoms with Crippen molar-refractivity contribution in [2.75, 3.05) is 6.61 Å². The van der Waals surface area contributed by atoms with Gasteiger partial charge in [0.05, 0.1) is 16.3 Å². The van der Waals surface area contributed by atoms with Crippen LogP contribution in [-0.2, 0) is 4.79 Å². The first-order valence-electron chi connectivity index (χ1n) is 7.33. The van der Waals surface area contributed by atoms with Crippen LogP contribution in [0.2, 0.25) is 0 Å². The van der Waals surface area contributed by atoms with E-state index in [-0.39, 0.29) is 12.6 Å². The average molecular weight is 341 g/mol. The van der Waals surface area contributed by atoms with Crippen LogP contribution in [0.4, 0.5) is 5.13 Å². The van der Waals surface area contributed by atoms with Crippen molar-refractivity contribution >= 4 is 32.7 Å². The summed E-state index contributed by atoms with van der Waals surface area (Å²) in [7, 11) is 0. The van der Waals surface area contributed by atoms with Crippen molar-refractivity contribution in [2.24, 2.45) is 10.2 Å². The van der Waals surface area contributed by atoms with Crippen LogP contribution in [0.5, 0.6) is 5.75 Å². The van der Waals surface area contributed by atoms with E-state index in [1.165, 1.54) is 11.3 Å². The van der Waals surface area contributed by atoms with Crippen molar-refractivity contribution in [1.82, 2.24) is 4.98 Å². The number of azo groups is 1. The molecule has 0 radical (unpaired) electrons. The number of aliphatic carboxylic acids is 1. The molecule has 1 N–H and O–H groups in total. The first-order chi connectivity index (χ1) is 11.6. The summed E-state index contributed by atoms with van der Waals surface area (Å²) >= 11 is 1.50. The van der Waals surface area contributed by atoms with Crippen LogP contribution in [0, 0.1) is 0 Å². The molecule has 0 aliphatic rings. The number of carboxylic acids is 1. The molecule has 0 amide bonds. The van der Waals surface area contributed by atoms with E-state index in [1.54, 1.807) is 12.1 Å². The van der Waals surface area contributed by atoms with Crippen LogP contribution < -0.4 is 4.74 Å². The molecule has 1 unspecified atom stereocenters. The number of para-hydroxylation sites is 1. The lowest BCUT2D eigenvalue weighted by Gasteiger charge is -2.07. The smallest absolute Gasteiger partial charge is 0.341 e. The third kappa shape index (κ3) is 3.94. The van der Waals surface area contributed by atoms with Gasteiger partial charge in [-0.2, -0.15) is 5.11 Å². The molecule has 6 nitrogen and oxygen atoms in total. The molecule has 122 valence electrons. The zero-order valence-corrected chi connectivity index (χ0v) is 13.7. The van der Waals surface area contributed by atoms with Crippen molar-refractivity contribution in [3.63, 3.8) is 0 Å². The molecule has 7 heteroatoms. The summed E-state index contributed by atoms with van der Waals surface area (Å²) in [4.78, 5) is 14.9. The number of rotatable bonds is 6. The first-order valence-corrected chi connectivity index (χ1v) is 8.14. The number of carbonyl (C=O) groups is 1. The Morgan fingerprint density at radius 2 is 2.00 bits per heavy atom. The first kappa shape index (κ1) is 16.1. The van der Waals surface area contributed by atoms with Crippen LogP contribution >= 0.6 is 11.3 Å². The third-order valence-corrected chi connectivity index (χ3v) is 4.24. The molecule has 0 saturated carbocycles. The maximum absolute atomic E-state index is 10.5. The molecule has 3 aromatic rings. The topological polar surface area (TPSA) is 84.1 Å². The Bertz CT molecular complexity index is 841. The number of benzene rings is 2. The highest BCUT2D eigenvalue weighted by molar-refractivity contribution is 7.21. The number of carboxylic acid groups (broad SMARTS) is 1. The van der Waals surface area contributed by atoms with E-state index < -0.39 is 5.97 Å². The summed E-state index contributed by atoms with van der Waals surface area (Å²) in [6.07, 6.45) is 0. The summed E-state index contributed by atoms with van der Waals surface area (Å²) in [5.74, 6) is -0.492. The highest BCUT2D eigenvalue weighted by Gasteiger charge is 2.06.